The normalized spacial score (nSPS) is 11.6. The molecular weight excluding hydrogens is 237 g/mol. The lowest BCUT2D eigenvalue weighted by atomic mass is 10.3. The fourth-order valence-corrected chi connectivity index (χ4v) is 1.49. The number of benzene rings is 1. The van der Waals surface area contributed by atoms with Crippen molar-refractivity contribution in [2.24, 2.45) is 0 Å². The molecule has 0 aliphatic carbocycles. The minimum absolute atomic E-state index is 0.181. The van der Waals surface area contributed by atoms with Crippen LogP contribution in [0.2, 0.25) is 0 Å². The number of rotatable bonds is 2. The van der Waals surface area contributed by atoms with Crippen molar-refractivity contribution < 1.29 is 22.0 Å². The van der Waals surface area contributed by atoms with E-state index in [0.29, 0.717) is 12.1 Å². The third-order valence-corrected chi connectivity index (χ3v) is 2.28. The topological polar surface area (TPSA) is 12.0 Å². The van der Waals surface area contributed by atoms with Crippen LogP contribution in [0.4, 0.5) is 27.6 Å². The molecule has 0 atom stereocenters. The van der Waals surface area contributed by atoms with Crippen LogP contribution in [0.5, 0.6) is 0 Å². The average Bonchev–Trinajstić information content (AvgIpc) is 2.08. The first-order valence-electron chi connectivity index (χ1n) is 3.76. The highest BCUT2D eigenvalue weighted by atomic mass is 32.2. The third-order valence-electron chi connectivity index (χ3n) is 1.52. The molecule has 84 valence electrons. The summed E-state index contributed by atoms with van der Waals surface area (Å²) in [7, 11) is 1.34. The fourth-order valence-electron chi connectivity index (χ4n) is 0.923. The van der Waals surface area contributed by atoms with Crippen LogP contribution in [0.3, 0.4) is 0 Å². The average molecular weight is 243 g/mol. The SMILES string of the molecule is CNc1cc(F)c(SC(F)(F)F)cc1F. The van der Waals surface area contributed by atoms with Crippen molar-refractivity contribution in [1.29, 1.82) is 0 Å². The maximum Gasteiger partial charge on any atom is 0.446 e. The molecule has 0 saturated heterocycles. The maximum atomic E-state index is 13.0. The molecule has 0 aromatic heterocycles. The predicted molar refractivity (Wildman–Crippen MR) is 47.8 cm³/mol. The Morgan fingerprint density at radius 2 is 1.73 bits per heavy atom. The Bertz CT molecular complexity index is 363. The molecule has 7 heteroatoms. The van der Waals surface area contributed by atoms with Gasteiger partial charge in [-0.15, -0.1) is 0 Å². The van der Waals surface area contributed by atoms with Crippen LogP contribution in [0, 0.1) is 11.6 Å². The van der Waals surface area contributed by atoms with Crippen LogP contribution in [0.25, 0.3) is 0 Å². The molecule has 0 aliphatic heterocycles. The smallest absolute Gasteiger partial charge is 0.386 e. The Morgan fingerprint density at radius 3 is 2.20 bits per heavy atom. The zero-order chi connectivity index (χ0) is 11.6. The largest absolute Gasteiger partial charge is 0.446 e. The van der Waals surface area contributed by atoms with Crippen LogP contribution in [-0.4, -0.2) is 12.6 Å². The lowest BCUT2D eigenvalue weighted by molar-refractivity contribution is -0.0329. The molecule has 0 bridgehead atoms. The summed E-state index contributed by atoms with van der Waals surface area (Å²) in [6, 6.07) is 1.20. The Labute approximate surface area is 86.7 Å². The lowest BCUT2D eigenvalue weighted by Crippen LogP contribution is -2.02. The summed E-state index contributed by atoms with van der Waals surface area (Å²) < 4.78 is 61.7. The summed E-state index contributed by atoms with van der Waals surface area (Å²) in [5.41, 5.74) is -4.81. The van der Waals surface area contributed by atoms with Crippen molar-refractivity contribution in [1.82, 2.24) is 0 Å². The second-order valence-electron chi connectivity index (χ2n) is 2.56. The Kier molecular flexibility index (Phi) is 3.43. The van der Waals surface area contributed by atoms with Gasteiger partial charge >= 0.3 is 5.51 Å². The van der Waals surface area contributed by atoms with E-state index in [9.17, 15) is 22.0 Å². The summed E-state index contributed by atoms with van der Waals surface area (Å²) in [5, 5.41) is 2.32. The minimum atomic E-state index is -4.63. The molecule has 1 aromatic carbocycles. The van der Waals surface area contributed by atoms with Crippen molar-refractivity contribution in [3.05, 3.63) is 23.8 Å². The van der Waals surface area contributed by atoms with Crippen molar-refractivity contribution >= 4 is 17.4 Å². The lowest BCUT2D eigenvalue weighted by Gasteiger charge is -2.09. The summed E-state index contributed by atoms with van der Waals surface area (Å²) in [6.07, 6.45) is 0. The summed E-state index contributed by atoms with van der Waals surface area (Å²) in [6.45, 7) is 0. The van der Waals surface area contributed by atoms with Crippen molar-refractivity contribution in [2.45, 2.75) is 10.4 Å². The third kappa shape index (κ3) is 3.26. The van der Waals surface area contributed by atoms with Gasteiger partial charge in [-0.2, -0.15) is 13.2 Å². The predicted octanol–water partition coefficient (Wildman–Crippen LogP) is 3.62. The van der Waals surface area contributed by atoms with Crippen molar-refractivity contribution in [2.75, 3.05) is 12.4 Å². The second kappa shape index (κ2) is 4.26. The zero-order valence-corrected chi connectivity index (χ0v) is 8.27. The summed E-state index contributed by atoms with van der Waals surface area (Å²) >= 11 is -0.682. The van der Waals surface area contributed by atoms with Gasteiger partial charge in [0.2, 0.25) is 0 Å². The molecule has 0 spiro atoms. The Balaban J connectivity index is 3.05. The van der Waals surface area contributed by atoms with E-state index in [1.165, 1.54) is 7.05 Å². The number of alkyl halides is 3. The highest BCUT2D eigenvalue weighted by molar-refractivity contribution is 8.00. The first-order chi connectivity index (χ1) is 6.83. The van der Waals surface area contributed by atoms with Gasteiger partial charge in [0.25, 0.3) is 0 Å². The zero-order valence-electron chi connectivity index (χ0n) is 7.45. The number of thioether (sulfide) groups is 1. The molecule has 0 fully saturated rings. The fraction of sp³-hybridized carbons (Fsp3) is 0.250. The molecule has 0 saturated carbocycles. The van der Waals surface area contributed by atoms with Gasteiger partial charge < -0.3 is 5.32 Å². The van der Waals surface area contributed by atoms with Crippen LogP contribution in [-0.2, 0) is 0 Å². The number of halogens is 5. The van der Waals surface area contributed by atoms with Gasteiger partial charge in [0.05, 0.1) is 10.6 Å². The van der Waals surface area contributed by atoms with Gasteiger partial charge in [0, 0.05) is 13.1 Å². The van der Waals surface area contributed by atoms with Gasteiger partial charge in [-0.1, -0.05) is 0 Å². The van der Waals surface area contributed by atoms with E-state index in [4.69, 9.17) is 0 Å². The highest BCUT2D eigenvalue weighted by Crippen LogP contribution is 2.39. The van der Waals surface area contributed by atoms with E-state index in [1.807, 2.05) is 0 Å². The maximum absolute atomic E-state index is 13.0. The van der Waals surface area contributed by atoms with Crippen LogP contribution < -0.4 is 5.32 Å². The standard InChI is InChI=1S/C8H6F5NS/c1-14-6-2-5(10)7(3-4(6)9)15-8(11,12)13/h2-3,14H,1H3. The number of nitrogens with one attached hydrogen (secondary N) is 1. The van der Waals surface area contributed by atoms with Crippen molar-refractivity contribution in [3.8, 4) is 0 Å². The Hall–Kier alpha value is -0.980. The molecule has 0 radical (unpaired) electrons. The number of anilines is 1. The van der Waals surface area contributed by atoms with Crippen LogP contribution >= 0.6 is 11.8 Å². The minimum Gasteiger partial charge on any atom is -0.386 e. The Morgan fingerprint density at radius 1 is 1.13 bits per heavy atom. The highest BCUT2D eigenvalue weighted by Gasteiger charge is 2.31. The molecule has 1 nitrogen and oxygen atoms in total. The van der Waals surface area contributed by atoms with Crippen LogP contribution in [0.1, 0.15) is 0 Å². The molecule has 1 N–H and O–H groups in total. The first kappa shape index (κ1) is 12.1. The number of hydrogen-bond donors (Lipinski definition) is 1. The van der Waals surface area contributed by atoms with E-state index in [0.717, 1.165) is 0 Å². The molecule has 0 heterocycles. The van der Waals surface area contributed by atoms with E-state index in [-0.39, 0.29) is 5.69 Å². The molecule has 1 aromatic rings. The van der Waals surface area contributed by atoms with E-state index in [1.54, 1.807) is 0 Å². The van der Waals surface area contributed by atoms with Crippen molar-refractivity contribution in [3.63, 3.8) is 0 Å². The van der Waals surface area contributed by atoms with Gasteiger partial charge in [0.1, 0.15) is 11.6 Å². The first-order valence-corrected chi connectivity index (χ1v) is 4.57. The summed E-state index contributed by atoms with van der Waals surface area (Å²) in [5.74, 6) is -2.03. The van der Waals surface area contributed by atoms with Crippen LogP contribution in [0.15, 0.2) is 17.0 Å². The van der Waals surface area contributed by atoms with Gasteiger partial charge in [-0.3, -0.25) is 0 Å². The van der Waals surface area contributed by atoms with E-state index >= 15 is 0 Å². The quantitative estimate of drug-likeness (QED) is 0.629. The van der Waals surface area contributed by atoms with Gasteiger partial charge in [0.15, 0.2) is 0 Å². The molecule has 0 unspecified atom stereocenters. The monoisotopic (exact) mass is 243 g/mol. The number of hydrogen-bond acceptors (Lipinski definition) is 2. The van der Waals surface area contributed by atoms with E-state index in [2.05, 4.69) is 5.32 Å². The van der Waals surface area contributed by atoms with E-state index < -0.39 is 33.8 Å². The second-order valence-corrected chi connectivity index (χ2v) is 3.67. The van der Waals surface area contributed by atoms with Gasteiger partial charge in [-0.25, -0.2) is 8.78 Å². The molecular formula is C8H6F5NS. The van der Waals surface area contributed by atoms with Gasteiger partial charge in [-0.05, 0) is 17.8 Å². The molecule has 1 rings (SSSR count). The molecule has 15 heavy (non-hydrogen) atoms. The summed E-state index contributed by atoms with van der Waals surface area (Å²) in [4.78, 5) is -0.779. The molecule has 0 aliphatic rings. The molecule has 0 amide bonds.